The van der Waals surface area contributed by atoms with Crippen molar-refractivity contribution in [2.45, 2.75) is 39.5 Å². The Bertz CT molecular complexity index is 588. The molecule has 0 aliphatic carbocycles. The summed E-state index contributed by atoms with van der Waals surface area (Å²) in [6.07, 6.45) is 0.904. The minimum atomic E-state index is -0.106. The van der Waals surface area contributed by atoms with Crippen molar-refractivity contribution < 1.29 is 4.74 Å². The number of ether oxygens (including phenoxy) is 1. The summed E-state index contributed by atoms with van der Waals surface area (Å²) in [4.78, 5) is 10.5. The number of nitrogens with one attached hydrogen (secondary N) is 1. The van der Waals surface area contributed by atoms with E-state index in [2.05, 4.69) is 53.6 Å². The van der Waals surface area contributed by atoms with Gasteiger partial charge in [-0.1, -0.05) is 26.8 Å². The Morgan fingerprint density at radius 1 is 1.29 bits per heavy atom. The quantitative estimate of drug-likeness (QED) is 0.912. The van der Waals surface area contributed by atoms with Crippen molar-refractivity contribution in [3.8, 4) is 5.88 Å². The maximum absolute atomic E-state index is 5.90. The van der Waals surface area contributed by atoms with Crippen molar-refractivity contribution >= 4 is 17.2 Å². The lowest BCUT2D eigenvalue weighted by Gasteiger charge is -2.20. The third-order valence-corrected chi connectivity index (χ3v) is 4.11. The summed E-state index contributed by atoms with van der Waals surface area (Å²) in [6.45, 7) is 8.93. The van der Waals surface area contributed by atoms with Gasteiger partial charge in [-0.2, -0.15) is 4.98 Å². The molecule has 5 heteroatoms. The minimum Gasteiger partial charge on any atom is -0.477 e. The van der Waals surface area contributed by atoms with E-state index >= 15 is 0 Å². The van der Waals surface area contributed by atoms with Gasteiger partial charge in [0.05, 0.1) is 12.2 Å². The lowest BCUT2D eigenvalue weighted by Crippen LogP contribution is -2.19. The van der Waals surface area contributed by atoms with Gasteiger partial charge in [0.15, 0.2) is 0 Å². The molecule has 0 unspecified atom stereocenters. The normalized spacial score (nSPS) is 11.5. The van der Waals surface area contributed by atoms with Crippen LogP contribution in [0.3, 0.4) is 0 Å². The molecule has 2 heterocycles. The number of nitrogens with zero attached hydrogens (tertiary/aromatic N) is 2. The van der Waals surface area contributed by atoms with Crippen LogP contribution in [0.15, 0.2) is 17.5 Å². The number of anilines is 1. The topological polar surface area (TPSA) is 47.0 Å². The van der Waals surface area contributed by atoms with Gasteiger partial charge in [-0.3, -0.25) is 0 Å². The second-order valence-electron chi connectivity index (χ2n) is 6.00. The molecule has 21 heavy (non-hydrogen) atoms. The molecular weight excluding hydrogens is 282 g/mol. The Kier molecular flexibility index (Phi) is 4.83. The van der Waals surface area contributed by atoms with Crippen LogP contribution in [0, 0.1) is 6.92 Å². The predicted octanol–water partition coefficient (Wildman–Crippen LogP) is 3.81. The highest BCUT2D eigenvalue weighted by Crippen LogP contribution is 2.27. The van der Waals surface area contributed by atoms with Crippen molar-refractivity contribution in [2.75, 3.05) is 19.0 Å². The molecule has 0 spiro atoms. The third kappa shape index (κ3) is 3.94. The molecule has 0 bridgehead atoms. The number of thiophene rings is 1. The lowest BCUT2D eigenvalue weighted by molar-refractivity contribution is 0.304. The number of hydrogen-bond acceptors (Lipinski definition) is 5. The van der Waals surface area contributed by atoms with Gasteiger partial charge in [0.25, 0.3) is 0 Å². The van der Waals surface area contributed by atoms with Crippen molar-refractivity contribution in [3.05, 3.63) is 33.8 Å². The van der Waals surface area contributed by atoms with E-state index in [-0.39, 0.29) is 5.41 Å². The van der Waals surface area contributed by atoms with E-state index in [4.69, 9.17) is 4.74 Å². The fraction of sp³-hybridized carbons (Fsp3) is 0.500. The predicted molar refractivity (Wildman–Crippen MR) is 88.5 cm³/mol. The molecule has 0 fully saturated rings. The van der Waals surface area contributed by atoms with E-state index in [1.165, 1.54) is 4.88 Å². The second kappa shape index (κ2) is 6.43. The first-order chi connectivity index (χ1) is 9.91. The summed E-state index contributed by atoms with van der Waals surface area (Å²) >= 11 is 1.75. The SMILES string of the molecule is CNc1nc(C(C)(C)C)nc(OCCc2cccs2)c1C. The maximum Gasteiger partial charge on any atom is 0.221 e. The number of rotatable bonds is 5. The van der Waals surface area contributed by atoms with Gasteiger partial charge in [-0.15, -0.1) is 11.3 Å². The van der Waals surface area contributed by atoms with Crippen LogP contribution < -0.4 is 10.1 Å². The number of hydrogen-bond donors (Lipinski definition) is 1. The zero-order valence-corrected chi connectivity index (χ0v) is 14.2. The Balaban J connectivity index is 2.17. The van der Waals surface area contributed by atoms with E-state index < -0.39 is 0 Å². The van der Waals surface area contributed by atoms with Crippen molar-refractivity contribution in [1.82, 2.24) is 9.97 Å². The fourth-order valence-corrected chi connectivity index (χ4v) is 2.61. The molecule has 0 saturated heterocycles. The maximum atomic E-state index is 5.90. The van der Waals surface area contributed by atoms with Gasteiger partial charge in [0, 0.05) is 23.8 Å². The summed E-state index contributed by atoms with van der Waals surface area (Å²) < 4.78 is 5.90. The van der Waals surface area contributed by atoms with Crippen LogP contribution in [-0.2, 0) is 11.8 Å². The zero-order chi connectivity index (χ0) is 15.5. The third-order valence-electron chi connectivity index (χ3n) is 3.18. The molecule has 2 aromatic rings. The first kappa shape index (κ1) is 15.8. The highest BCUT2D eigenvalue weighted by molar-refractivity contribution is 7.09. The van der Waals surface area contributed by atoms with Gasteiger partial charge in [-0.05, 0) is 18.4 Å². The molecule has 0 aromatic carbocycles. The van der Waals surface area contributed by atoms with E-state index in [1.54, 1.807) is 11.3 Å². The average Bonchev–Trinajstić information content (AvgIpc) is 2.92. The average molecular weight is 305 g/mol. The number of aromatic nitrogens is 2. The van der Waals surface area contributed by atoms with Gasteiger partial charge in [-0.25, -0.2) is 4.98 Å². The summed E-state index contributed by atoms with van der Waals surface area (Å²) in [5.41, 5.74) is 0.849. The molecule has 0 saturated carbocycles. The van der Waals surface area contributed by atoms with E-state index in [0.717, 1.165) is 23.6 Å². The second-order valence-corrected chi connectivity index (χ2v) is 7.04. The molecule has 2 rings (SSSR count). The molecule has 4 nitrogen and oxygen atoms in total. The van der Waals surface area contributed by atoms with Crippen LogP contribution in [0.5, 0.6) is 5.88 Å². The minimum absolute atomic E-state index is 0.106. The molecule has 0 aliphatic rings. The van der Waals surface area contributed by atoms with Gasteiger partial charge in [0.1, 0.15) is 11.6 Å². The fourth-order valence-electron chi connectivity index (χ4n) is 1.92. The summed E-state index contributed by atoms with van der Waals surface area (Å²) in [5, 5.41) is 5.21. The van der Waals surface area contributed by atoms with Crippen LogP contribution in [0.25, 0.3) is 0 Å². The summed E-state index contributed by atoms with van der Waals surface area (Å²) in [7, 11) is 1.87. The molecule has 114 valence electrons. The zero-order valence-electron chi connectivity index (χ0n) is 13.4. The van der Waals surface area contributed by atoms with Crippen LogP contribution in [-0.4, -0.2) is 23.6 Å². The van der Waals surface area contributed by atoms with Crippen molar-refractivity contribution in [2.24, 2.45) is 0 Å². The molecule has 0 atom stereocenters. The molecule has 0 amide bonds. The first-order valence-electron chi connectivity index (χ1n) is 7.14. The lowest BCUT2D eigenvalue weighted by atomic mass is 9.95. The molecular formula is C16H23N3OS. The highest BCUT2D eigenvalue weighted by Gasteiger charge is 2.21. The standard InChI is InChI=1S/C16H23N3OS/c1-11-13(17-5)18-15(16(2,3)4)19-14(11)20-9-8-12-7-6-10-21-12/h6-7,10H,8-9H2,1-5H3,(H,17,18,19). The first-order valence-corrected chi connectivity index (χ1v) is 8.02. The van der Waals surface area contributed by atoms with Crippen LogP contribution in [0.4, 0.5) is 5.82 Å². The Labute approximate surface area is 130 Å². The van der Waals surface area contributed by atoms with Crippen LogP contribution in [0.2, 0.25) is 0 Å². The van der Waals surface area contributed by atoms with Gasteiger partial charge >= 0.3 is 0 Å². The van der Waals surface area contributed by atoms with Crippen LogP contribution in [0.1, 0.15) is 37.0 Å². The highest BCUT2D eigenvalue weighted by atomic mass is 32.1. The monoisotopic (exact) mass is 305 g/mol. The smallest absolute Gasteiger partial charge is 0.221 e. The van der Waals surface area contributed by atoms with Gasteiger partial charge < -0.3 is 10.1 Å². The summed E-state index contributed by atoms with van der Waals surface area (Å²) in [6, 6.07) is 4.19. The van der Waals surface area contributed by atoms with Gasteiger partial charge in [0.2, 0.25) is 5.88 Å². The van der Waals surface area contributed by atoms with E-state index in [0.29, 0.717) is 12.5 Å². The van der Waals surface area contributed by atoms with Crippen LogP contribution >= 0.6 is 11.3 Å². The molecule has 2 aromatic heterocycles. The largest absolute Gasteiger partial charge is 0.477 e. The van der Waals surface area contributed by atoms with Crippen molar-refractivity contribution in [3.63, 3.8) is 0 Å². The molecule has 0 aliphatic heterocycles. The van der Waals surface area contributed by atoms with E-state index in [9.17, 15) is 0 Å². The Morgan fingerprint density at radius 3 is 2.62 bits per heavy atom. The van der Waals surface area contributed by atoms with E-state index in [1.807, 2.05) is 14.0 Å². The summed E-state index contributed by atoms with van der Waals surface area (Å²) in [5.74, 6) is 2.31. The Morgan fingerprint density at radius 2 is 2.05 bits per heavy atom. The molecule has 1 N–H and O–H groups in total. The Hall–Kier alpha value is -1.62. The molecule has 0 radical (unpaired) electrons. The van der Waals surface area contributed by atoms with Crippen molar-refractivity contribution in [1.29, 1.82) is 0 Å².